The van der Waals surface area contributed by atoms with Crippen molar-refractivity contribution in [3.8, 4) is 0 Å². The van der Waals surface area contributed by atoms with Crippen molar-refractivity contribution >= 4 is 35.3 Å². The standard InChI is InChI=1S/C8H7N5S2/c1-2-10-12-7(1)13-11-5-6(15-13)8-9-3-4-14-8/h1-6H,(H,10,12). The fourth-order valence-electron chi connectivity index (χ4n) is 1.24. The van der Waals surface area contributed by atoms with E-state index >= 15 is 0 Å². The number of aromatic amines is 1. The molecule has 0 spiro atoms. The maximum atomic E-state index is 4.28. The van der Waals surface area contributed by atoms with Gasteiger partial charge in [0.05, 0.1) is 6.20 Å². The Morgan fingerprint density at radius 1 is 1.40 bits per heavy atom. The number of H-pyrrole nitrogens is 1. The van der Waals surface area contributed by atoms with Crippen LogP contribution in [0.5, 0.6) is 0 Å². The van der Waals surface area contributed by atoms with Crippen LogP contribution in [0, 0.1) is 0 Å². The molecule has 0 saturated heterocycles. The van der Waals surface area contributed by atoms with Crippen LogP contribution in [0.3, 0.4) is 0 Å². The molecular formula is C8H7N5S2. The molecule has 0 aromatic carbocycles. The molecule has 1 aliphatic heterocycles. The van der Waals surface area contributed by atoms with Gasteiger partial charge in [0.25, 0.3) is 0 Å². The van der Waals surface area contributed by atoms with Gasteiger partial charge < -0.3 is 0 Å². The molecule has 1 unspecified atom stereocenters. The number of nitrogens with one attached hydrogen (secondary N) is 1. The second-order valence-corrected chi connectivity index (χ2v) is 4.87. The Labute approximate surface area is 94.4 Å². The minimum atomic E-state index is 0.216. The molecule has 0 amide bonds. The van der Waals surface area contributed by atoms with Crippen molar-refractivity contribution in [3.63, 3.8) is 0 Å². The largest absolute Gasteiger partial charge is 0.261 e. The van der Waals surface area contributed by atoms with Gasteiger partial charge in [-0.25, -0.2) is 4.98 Å². The van der Waals surface area contributed by atoms with E-state index in [2.05, 4.69) is 20.3 Å². The van der Waals surface area contributed by atoms with E-state index in [1.54, 1.807) is 29.5 Å². The highest BCUT2D eigenvalue weighted by Crippen LogP contribution is 2.38. The van der Waals surface area contributed by atoms with Gasteiger partial charge in [-0.2, -0.15) is 14.6 Å². The molecule has 1 atom stereocenters. The van der Waals surface area contributed by atoms with Gasteiger partial charge in [-0.15, -0.1) is 11.3 Å². The molecule has 3 heterocycles. The zero-order chi connectivity index (χ0) is 10.1. The van der Waals surface area contributed by atoms with Gasteiger partial charge in [0.15, 0.2) is 5.82 Å². The predicted octanol–water partition coefficient (Wildman–Crippen LogP) is 2.06. The molecule has 0 saturated carbocycles. The normalized spacial score (nSPS) is 20.0. The Hall–Kier alpha value is -1.34. The first-order valence-corrected chi connectivity index (χ1v) is 6.05. The molecule has 76 valence electrons. The van der Waals surface area contributed by atoms with Crippen LogP contribution in [0.2, 0.25) is 0 Å². The SMILES string of the molecule is C1=NN(c2ccn[nH]2)SC1c1nccs1. The average Bonchev–Trinajstić information content (AvgIpc) is 3.02. The summed E-state index contributed by atoms with van der Waals surface area (Å²) in [6.07, 6.45) is 5.42. The zero-order valence-corrected chi connectivity index (χ0v) is 9.20. The summed E-state index contributed by atoms with van der Waals surface area (Å²) in [5, 5.41) is 14.3. The van der Waals surface area contributed by atoms with Gasteiger partial charge in [-0.3, -0.25) is 5.10 Å². The Kier molecular flexibility index (Phi) is 2.18. The average molecular weight is 237 g/mol. The number of rotatable bonds is 2. The second-order valence-electron chi connectivity index (χ2n) is 2.88. The topological polar surface area (TPSA) is 57.2 Å². The van der Waals surface area contributed by atoms with Crippen LogP contribution in [0.1, 0.15) is 10.3 Å². The quantitative estimate of drug-likeness (QED) is 0.812. The lowest BCUT2D eigenvalue weighted by Crippen LogP contribution is -2.01. The Balaban J connectivity index is 1.78. The highest BCUT2D eigenvalue weighted by Gasteiger charge is 2.24. The lowest BCUT2D eigenvalue weighted by atomic mass is 10.5. The molecule has 15 heavy (non-hydrogen) atoms. The van der Waals surface area contributed by atoms with Crippen molar-refractivity contribution in [1.82, 2.24) is 15.2 Å². The second kappa shape index (κ2) is 3.67. The van der Waals surface area contributed by atoms with Crippen LogP contribution in [0.4, 0.5) is 5.82 Å². The van der Waals surface area contributed by atoms with Crippen LogP contribution in [0.25, 0.3) is 0 Å². The first kappa shape index (κ1) is 8.93. The lowest BCUT2D eigenvalue weighted by Gasteiger charge is -2.10. The van der Waals surface area contributed by atoms with Crippen molar-refractivity contribution in [3.05, 3.63) is 28.8 Å². The van der Waals surface area contributed by atoms with E-state index < -0.39 is 0 Å². The summed E-state index contributed by atoms with van der Waals surface area (Å²) in [6, 6.07) is 1.88. The van der Waals surface area contributed by atoms with Gasteiger partial charge in [0.2, 0.25) is 0 Å². The van der Waals surface area contributed by atoms with E-state index in [0.29, 0.717) is 0 Å². The number of anilines is 1. The minimum absolute atomic E-state index is 0.216. The first-order chi connectivity index (χ1) is 7.43. The molecule has 0 radical (unpaired) electrons. The molecule has 2 aromatic rings. The van der Waals surface area contributed by atoms with Crippen LogP contribution in [-0.4, -0.2) is 21.4 Å². The van der Waals surface area contributed by atoms with Crippen LogP contribution < -0.4 is 4.41 Å². The maximum Gasteiger partial charge on any atom is 0.156 e. The minimum Gasteiger partial charge on any atom is -0.261 e. The molecule has 0 fully saturated rings. The summed E-state index contributed by atoms with van der Waals surface area (Å²) in [5.41, 5.74) is 0. The summed E-state index contributed by atoms with van der Waals surface area (Å²) >= 11 is 3.26. The summed E-state index contributed by atoms with van der Waals surface area (Å²) in [6.45, 7) is 0. The third-order valence-electron chi connectivity index (χ3n) is 1.91. The van der Waals surface area contributed by atoms with Crippen LogP contribution in [-0.2, 0) is 0 Å². The monoisotopic (exact) mass is 237 g/mol. The van der Waals surface area contributed by atoms with E-state index in [4.69, 9.17) is 0 Å². The number of nitrogens with zero attached hydrogens (tertiary/aromatic N) is 4. The maximum absolute atomic E-state index is 4.28. The van der Waals surface area contributed by atoms with E-state index in [0.717, 1.165) is 10.8 Å². The molecule has 1 N–H and O–H groups in total. The van der Waals surface area contributed by atoms with Gasteiger partial charge >= 0.3 is 0 Å². The molecule has 2 aromatic heterocycles. The van der Waals surface area contributed by atoms with Gasteiger partial charge in [-0.1, -0.05) is 0 Å². The van der Waals surface area contributed by atoms with E-state index in [9.17, 15) is 0 Å². The van der Waals surface area contributed by atoms with E-state index in [-0.39, 0.29) is 5.25 Å². The molecule has 0 aliphatic carbocycles. The van der Waals surface area contributed by atoms with Crippen LogP contribution >= 0.6 is 23.3 Å². The summed E-state index contributed by atoms with van der Waals surface area (Å²) in [7, 11) is 0. The summed E-state index contributed by atoms with van der Waals surface area (Å²) < 4.78 is 1.82. The van der Waals surface area contributed by atoms with E-state index in [1.165, 1.54) is 0 Å². The first-order valence-electron chi connectivity index (χ1n) is 4.33. The van der Waals surface area contributed by atoms with Gasteiger partial charge in [0, 0.05) is 23.9 Å². The Bertz CT molecular complexity index is 407. The molecule has 7 heteroatoms. The van der Waals surface area contributed by atoms with Gasteiger partial charge in [-0.05, 0) is 11.9 Å². The van der Waals surface area contributed by atoms with Crippen molar-refractivity contribution in [2.24, 2.45) is 5.10 Å². The van der Waals surface area contributed by atoms with Crippen molar-refractivity contribution < 1.29 is 0 Å². The lowest BCUT2D eigenvalue weighted by molar-refractivity contribution is 1.05. The fraction of sp³-hybridized carbons (Fsp3) is 0.125. The number of aromatic nitrogens is 3. The number of hydrogen-bond donors (Lipinski definition) is 1. The summed E-state index contributed by atoms with van der Waals surface area (Å²) in [5.74, 6) is 0.885. The molecule has 1 aliphatic rings. The summed E-state index contributed by atoms with van der Waals surface area (Å²) in [4.78, 5) is 4.27. The van der Waals surface area contributed by atoms with Crippen molar-refractivity contribution in [2.45, 2.75) is 5.25 Å². The van der Waals surface area contributed by atoms with Crippen LogP contribution in [0.15, 0.2) is 28.9 Å². The molecule has 0 bridgehead atoms. The molecule has 5 nitrogen and oxygen atoms in total. The predicted molar refractivity (Wildman–Crippen MR) is 62.0 cm³/mol. The number of thiazole rings is 1. The molecule has 3 rings (SSSR count). The number of hydrazone groups is 1. The van der Waals surface area contributed by atoms with Gasteiger partial charge in [0.1, 0.15) is 10.3 Å². The Morgan fingerprint density at radius 2 is 2.40 bits per heavy atom. The number of hydrogen-bond acceptors (Lipinski definition) is 6. The third-order valence-corrected chi connectivity index (χ3v) is 3.98. The fourth-order valence-corrected chi connectivity index (χ4v) is 2.91. The highest BCUT2D eigenvalue weighted by molar-refractivity contribution is 8.01. The Morgan fingerprint density at radius 3 is 3.13 bits per heavy atom. The third kappa shape index (κ3) is 1.64. The van der Waals surface area contributed by atoms with Crippen molar-refractivity contribution in [1.29, 1.82) is 0 Å². The zero-order valence-electron chi connectivity index (χ0n) is 7.57. The van der Waals surface area contributed by atoms with Crippen molar-refractivity contribution in [2.75, 3.05) is 4.41 Å². The smallest absolute Gasteiger partial charge is 0.156 e. The molecular weight excluding hydrogens is 230 g/mol. The highest BCUT2D eigenvalue weighted by atomic mass is 32.2. The van der Waals surface area contributed by atoms with E-state index in [1.807, 2.05) is 28.3 Å².